The van der Waals surface area contributed by atoms with Crippen LogP contribution >= 0.6 is 0 Å². The molecular formula is C17H15N3O2. The quantitative estimate of drug-likeness (QED) is 0.686. The number of hydrogen-bond donors (Lipinski definition) is 2. The van der Waals surface area contributed by atoms with E-state index in [0.717, 1.165) is 22.9 Å². The van der Waals surface area contributed by atoms with Crippen molar-refractivity contribution in [1.82, 2.24) is 4.98 Å². The number of para-hydroxylation sites is 3. The van der Waals surface area contributed by atoms with Gasteiger partial charge in [0.25, 0.3) is 0 Å². The Morgan fingerprint density at radius 1 is 1.05 bits per heavy atom. The predicted molar refractivity (Wildman–Crippen MR) is 86.7 cm³/mol. The number of H-pyrrole nitrogens is 1. The van der Waals surface area contributed by atoms with Crippen LogP contribution in [-0.4, -0.2) is 17.8 Å². The number of amides is 2. The number of nitrogens with one attached hydrogen (secondary N) is 2. The lowest BCUT2D eigenvalue weighted by atomic mass is 10.1. The molecule has 0 atom stereocenters. The van der Waals surface area contributed by atoms with Crippen LogP contribution in [0.25, 0.3) is 10.9 Å². The summed E-state index contributed by atoms with van der Waals surface area (Å²) in [6, 6.07) is 15.1. The summed E-state index contributed by atoms with van der Waals surface area (Å²) in [7, 11) is 0. The van der Waals surface area contributed by atoms with Gasteiger partial charge in [-0.2, -0.15) is 0 Å². The van der Waals surface area contributed by atoms with E-state index in [1.165, 1.54) is 0 Å². The fraction of sp³-hybridized carbons (Fsp3) is 0.0588. The van der Waals surface area contributed by atoms with Gasteiger partial charge >= 0.3 is 0 Å². The first kappa shape index (κ1) is 13.9. The molecule has 0 aliphatic heterocycles. The minimum Gasteiger partial charge on any atom is -0.361 e. The highest BCUT2D eigenvalue weighted by Crippen LogP contribution is 2.27. The Bertz CT molecular complexity index is 810. The molecule has 0 aliphatic rings. The van der Waals surface area contributed by atoms with Crippen molar-refractivity contribution in [3.8, 4) is 0 Å². The number of aromatic amines is 1. The molecule has 110 valence electrons. The van der Waals surface area contributed by atoms with E-state index in [4.69, 9.17) is 0 Å². The largest absolute Gasteiger partial charge is 0.361 e. The molecule has 0 spiro atoms. The Labute approximate surface area is 127 Å². The molecule has 0 radical (unpaired) electrons. The van der Waals surface area contributed by atoms with Crippen LogP contribution in [0.1, 0.15) is 5.56 Å². The monoisotopic (exact) mass is 293 g/mol. The lowest BCUT2D eigenvalue weighted by Crippen LogP contribution is -2.21. The van der Waals surface area contributed by atoms with Crippen LogP contribution in [0.3, 0.4) is 0 Å². The van der Waals surface area contributed by atoms with E-state index in [0.29, 0.717) is 24.3 Å². The molecule has 0 bridgehead atoms. The molecular weight excluding hydrogens is 278 g/mol. The fourth-order valence-electron chi connectivity index (χ4n) is 2.53. The summed E-state index contributed by atoms with van der Waals surface area (Å²) in [5, 5.41) is 3.70. The number of nitrogens with zero attached hydrogens (tertiary/aromatic N) is 1. The molecule has 22 heavy (non-hydrogen) atoms. The highest BCUT2D eigenvalue weighted by atomic mass is 16.1. The van der Waals surface area contributed by atoms with Gasteiger partial charge in [0.1, 0.15) is 0 Å². The Balaban J connectivity index is 1.95. The summed E-state index contributed by atoms with van der Waals surface area (Å²) in [5.74, 6) is 0. The summed E-state index contributed by atoms with van der Waals surface area (Å²) >= 11 is 0. The van der Waals surface area contributed by atoms with Crippen molar-refractivity contribution >= 4 is 35.1 Å². The van der Waals surface area contributed by atoms with Gasteiger partial charge in [0.05, 0.1) is 17.9 Å². The number of hydrogen-bond acceptors (Lipinski definition) is 2. The van der Waals surface area contributed by atoms with E-state index in [-0.39, 0.29) is 0 Å². The summed E-state index contributed by atoms with van der Waals surface area (Å²) in [6.07, 6.45) is 3.28. The molecule has 5 heteroatoms. The van der Waals surface area contributed by atoms with Gasteiger partial charge < -0.3 is 15.2 Å². The third kappa shape index (κ3) is 2.56. The van der Waals surface area contributed by atoms with Gasteiger partial charge in [0.15, 0.2) is 0 Å². The minimum absolute atomic E-state index is 0.422. The highest BCUT2D eigenvalue weighted by molar-refractivity contribution is 5.89. The molecule has 0 unspecified atom stereocenters. The van der Waals surface area contributed by atoms with Gasteiger partial charge in [-0.05, 0) is 23.8 Å². The molecule has 1 heterocycles. The smallest absolute Gasteiger partial charge is 0.214 e. The summed E-state index contributed by atoms with van der Waals surface area (Å²) in [5.41, 5.74) is 3.31. The Morgan fingerprint density at radius 2 is 1.82 bits per heavy atom. The van der Waals surface area contributed by atoms with Gasteiger partial charge in [-0.3, -0.25) is 9.59 Å². The van der Waals surface area contributed by atoms with E-state index in [1.807, 2.05) is 42.6 Å². The number of fused-ring (bicyclic) bond motifs is 1. The molecule has 3 aromatic rings. The predicted octanol–water partition coefficient (Wildman–Crippen LogP) is 2.90. The average Bonchev–Trinajstić information content (AvgIpc) is 2.97. The summed E-state index contributed by atoms with van der Waals surface area (Å²) in [4.78, 5) is 27.0. The van der Waals surface area contributed by atoms with Crippen molar-refractivity contribution in [3.63, 3.8) is 0 Å². The van der Waals surface area contributed by atoms with Crippen LogP contribution in [0.4, 0.5) is 11.4 Å². The van der Waals surface area contributed by atoms with Crippen LogP contribution in [0.2, 0.25) is 0 Å². The van der Waals surface area contributed by atoms with E-state index in [9.17, 15) is 9.59 Å². The second-order valence-electron chi connectivity index (χ2n) is 4.87. The maximum absolute atomic E-state index is 11.5. The minimum atomic E-state index is 0.422. The van der Waals surface area contributed by atoms with E-state index in [1.54, 1.807) is 17.0 Å². The van der Waals surface area contributed by atoms with Crippen LogP contribution in [0, 0.1) is 0 Å². The van der Waals surface area contributed by atoms with Crippen molar-refractivity contribution in [2.24, 2.45) is 0 Å². The molecule has 1 aromatic heterocycles. The number of carbonyl (C=O) groups excluding carboxylic acids is 2. The highest BCUT2D eigenvalue weighted by Gasteiger charge is 2.13. The van der Waals surface area contributed by atoms with Crippen LogP contribution in [0.15, 0.2) is 54.7 Å². The average molecular weight is 293 g/mol. The number of anilines is 2. The molecule has 0 saturated carbocycles. The molecule has 2 amide bonds. The van der Waals surface area contributed by atoms with Crippen molar-refractivity contribution in [3.05, 3.63) is 60.3 Å². The first-order valence-electron chi connectivity index (χ1n) is 6.89. The van der Waals surface area contributed by atoms with Crippen LogP contribution in [-0.2, 0) is 16.1 Å². The van der Waals surface area contributed by atoms with Gasteiger partial charge in [0.2, 0.25) is 12.8 Å². The van der Waals surface area contributed by atoms with E-state index >= 15 is 0 Å². The molecule has 0 aliphatic carbocycles. The first-order valence-corrected chi connectivity index (χ1v) is 6.89. The third-order valence-corrected chi connectivity index (χ3v) is 3.57. The Morgan fingerprint density at radius 3 is 2.64 bits per heavy atom. The fourth-order valence-corrected chi connectivity index (χ4v) is 2.53. The van der Waals surface area contributed by atoms with Crippen molar-refractivity contribution in [1.29, 1.82) is 0 Å². The van der Waals surface area contributed by atoms with Crippen molar-refractivity contribution in [2.75, 3.05) is 10.2 Å². The number of rotatable bonds is 6. The number of benzene rings is 2. The summed E-state index contributed by atoms with van der Waals surface area (Å²) in [6.45, 7) is 0.422. The summed E-state index contributed by atoms with van der Waals surface area (Å²) < 4.78 is 0. The van der Waals surface area contributed by atoms with Crippen molar-refractivity contribution < 1.29 is 9.59 Å². The SMILES string of the molecule is O=CNc1ccccc1N(C=O)Cc1c[nH]c2ccccc12. The van der Waals surface area contributed by atoms with Gasteiger partial charge in [-0.15, -0.1) is 0 Å². The Hall–Kier alpha value is -3.08. The lowest BCUT2D eigenvalue weighted by Gasteiger charge is -2.20. The van der Waals surface area contributed by atoms with E-state index < -0.39 is 0 Å². The zero-order valence-electron chi connectivity index (χ0n) is 11.8. The van der Waals surface area contributed by atoms with Crippen LogP contribution < -0.4 is 10.2 Å². The lowest BCUT2D eigenvalue weighted by molar-refractivity contribution is -0.107. The Kier molecular flexibility index (Phi) is 3.87. The van der Waals surface area contributed by atoms with Crippen LogP contribution in [0.5, 0.6) is 0 Å². The topological polar surface area (TPSA) is 65.2 Å². The molecule has 0 fully saturated rings. The van der Waals surface area contributed by atoms with Gasteiger partial charge in [-0.1, -0.05) is 30.3 Å². The molecule has 2 aromatic carbocycles. The standard InChI is InChI=1S/C17H15N3O2/c21-11-19-16-7-3-4-8-17(16)20(12-22)10-13-9-18-15-6-2-1-5-14(13)15/h1-9,11-12,18H,10H2,(H,19,21). The zero-order chi connectivity index (χ0) is 15.4. The first-order chi connectivity index (χ1) is 10.8. The molecule has 2 N–H and O–H groups in total. The maximum atomic E-state index is 11.5. The van der Waals surface area contributed by atoms with Crippen molar-refractivity contribution in [2.45, 2.75) is 6.54 Å². The second-order valence-corrected chi connectivity index (χ2v) is 4.87. The van der Waals surface area contributed by atoms with Gasteiger partial charge in [0, 0.05) is 17.1 Å². The maximum Gasteiger partial charge on any atom is 0.214 e. The molecule has 3 rings (SSSR count). The number of carbonyl (C=O) groups is 2. The molecule has 5 nitrogen and oxygen atoms in total. The van der Waals surface area contributed by atoms with E-state index in [2.05, 4.69) is 10.3 Å². The zero-order valence-corrected chi connectivity index (χ0v) is 11.8. The normalized spacial score (nSPS) is 10.4. The van der Waals surface area contributed by atoms with Gasteiger partial charge in [-0.25, -0.2) is 0 Å². The second kappa shape index (κ2) is 6.13. The number of aromatic nitrogens is 1. The third-order valence-electron chi connectivity index (χ3n) is 3.57. The molecule has 0 saturated heterocycles.